The van der Waals surface area contributed by atoms with Crippen LogP contribution in [0.5, 0.6) is 5.75 Å². The molecular weight excluding hydrogens is 282 g/mol. The fraction of sp³-hybridized carbons (Fsp3) is 0.647. The zero-order valence-electron chi connectivity index (χ0n) is 13.8. The second-order valence-corrected chi connectivity index (χ2v) is 5.23. The third kappa shape index (κ3) is 9.60. The Kier molecular flexibility index (Phi) is 10.5. The molecule has 0 heterocycles. The van der Waals surface area contributed by atoms with Crippen molar-refractivity contribution in [3.05, 3.63) is 24.3 Å². The van der Waals surface area contributed by atoms with E-state index in [1.165, 1.54) is 0 Å². The highest BCUT2D eigenvalue weighted by atomic mass is 16.6. The number of rotatable bonds is 13. The minimum absolute atomic E-state index is 0.516. The molecule has 126 valence electrons. The molecule has 22 heavy (non-hydrogen) atoms. The molecule has 0 saturated carbocycles. The normalized spacial score (nSPS) is 12.3. The number of nitrogens with two attached hydrogens (primary N) is 1. The Morgan fingerprint density at radius 2 is 1.41 bits per heavy atom. The van der Waals surface area contributed by atoms with Gasteiger partial charge in [0, 0.05) is 12.3 Å². The summed E-state index contributed by atoms with van der Waals surface area (Å²) in [5.41, 5.74) is 6.33. The van der Waals surface area contributed by atoms with Gasteiger partial charge in [0.25, 0.3) is 0 Å². The lowest BCUT2D eigenvalue weighted by molar-refractivity contribution is 0.00399. The lowest BCUT2D eigenvalue weighted by Gasteiger charge is -2.10. The van der Waals surface area contributed by atoms with Crippen molar-refractivity contribution < 1.29 is 18.9 Å². The number of hydrogen-bond donors (Lipinski definition) is 1. The van der Waals surface area contributed by atoms with Crippen LogP contribution in [0.4, 0.5) is 5.69 Å². The van der Waals surface area contributed by atoms with Gasteiger partial charge < -0.3 is 24.7 Å². The lowest BCUT2D eigenvalue weighted by Crippen LogP contribution is -2.14. The number of nitrogen functional groups attached to an aromatic ring is 1. The third-order valence-corrected chi connectivity index (χ3v) is 3.22. The molecule has 0 aliphatic rings. The van der Waals surface area contributed by atoms with Crippen LogP contribution in [0, 0.1) is 5.92 Å². The summed E-state index contributed by atoms with van der Waals surface area (Å²) in [6.07, 6.45) is 1.15. The smallest absolute Gasteiger partial charge is 0.119 e. The van der Waals surface area contributed by atoms with Gasteiger partial charge in [0.1, 0.15) is 12.4 Å². The topological polar surface area (TPSA) is 62.9 Å². The second kappa shape index (κ2) is 12.3. The van der Waals surface area contributed by atoms with Gasteiger partial charge in [0.05, 0.1) is 33.0 Å². The predicted molar refractivity (Wildman–Crippen MR) is 88.3 cm³/mol. The fourth-order valence-corrected chi connectivity index (χ4v) is 1.62. The Hall–Kier alpha value is -1.30. The quantitative estimate of drug-likeness (QED) is 0.448. The fourth-order valence-electron chi connectivity index (χ4n) is 1.62. The minimum atomic E-state index is 0.516. The van der Waals surface area contributed by atoms with Crippen LogP contribution in [0.3, 0.4) is 0 Å². The van der Waals surface area contributed by atoms with E-state index >= 15 is 0 Å². The van der Waals surface area contributed by atoms with Gasteiger partial charge in [0.2, 0.25) is 0 Å². The summed E-state index contributed by atoms with van der Waals surface area (Å²) < 4.78 is 21.9. The van der Waals surface area contributed by atoms with E-state index in [1.54, 1.807) is 0 Å². The van der Waals surface area contributed by atoms with Crippen molar-refractivity contribution >= 4 is 5.69 Å². The summed E-state index contributed by atoms with van der Waals surface area (Å²) in [5, 5.41) is 0. The number of hydrogen-bond acceptors (Lipinski definition) is 5. The lowest BCUT2D eigenvalue weighted by atomic mass is 10.1. The highest BCUT2D eigenvalue weighted by Gasteiger charge is 1.98. The van der Waals surface area contributed by atoms with Crippen molar-refractivity contribution in [1.82, 2.24) is 0 Å². The van der Waals surface area contributed by atoms with Crippen LogP contribution in [-0.2, 0) is 14.2 Å². The van der Waals surface area contributed by atoms with E-state index in [1.807, 2.05) is 24.3 Å². The predicted octanol–water partition coefficient (Wildman–Crippen LogP) is 2.74. The summed E-state index contributed by atoms with van der Waals surface area (Å²) in [4.78, 5) is 0. The van der Waals surface area contributed by atoms with Crippen LogP contribution in [0.1, 0.15) is 20.3 Å². The van der Waals surface area contributed by atoms with E-state index < -0.39 is 0 Å². The first-order valence-electron chi connectivity index (χ1n) is 7.94. The number of anilines is 1. The molecule has 1 unspecified atom stereocenters. The standard InChI is InChI=1S/C17H29NO4/c1-3-15(2)14-21-11-10-19-8-9-20-12-13-22-17-6-4-16(18)5-7-17/h4-7,15H,3,8-14,18H2,1-2H3. The third-order valence-electron chi connectivity index (χ3n) is 3.22. The summed E-state index contributed by atoms with van der Waals surface area (Å²) >= 11 is 0. The van der Waals surface area contributed by atoms with Crippen molar-refractivity contribution in [3.8, 4) is 5.75 Å². The van der Waals surface area contributed by atoms with E-state index in [9.17, 15) is 0 Å². The molecular formula is C17H29NO4. The van der Waals surface area contributed by atoms with E-state index in [0.29, 0.717) is 45.6 Å². The summed E-state index contributed by atoms with van der Waals surface area (Å²) in [5.74, 6) is 1.41. The molecule has 0 aromatic heterocycles. The van der Waals surface area contributed by atoms with Crippen molar-refractivity contribution in [1.29, 1.82) is 0 Å². The maximum atomic E-state index is 5.60. The van der Waals surface area contributed by atoms with Crippen LogP contribution < -0.4 is 10.5 Å². The number of ether oxygens (including phenoxy) is 4. The molecule has 0 aliphatic heterocycles. The van der Waals surface area contributed by atoms with E-state index in [-0.39, 0.29) is 0 Å². The molecule has 0 saturated heterocycles. The molecule has 0 amide bonds. The molecule has 0 fully saturated rings. The molecule has 1 rings (SSSR count). The Balaban J connectivity index is 1.83. The van der Waals surface area contributed by atoms with Crippen LogP contribution in [-0.4, -0.2) is 46.2 Å². The van der Waals surface area contributed by atoms with Crippen LogP contribution in [0.2, 0.25) is 0 Å². The second-order valence-electron chi connectivity index (χ2n) is 5.23. The van der Waals surface area contributed by atoms with Gasteiger partial charge in [-0.25, -0.2) is 0 Å². The Morgan fingerprint density at radius 3 is 2.00 bits per heavy atom. The zero-order valence-corrected chi connectivity index (χ0v) is 13.8. The van der Waals surface area contributed by atoms with Gasteiger partial charge in [-0.15, -0.1) is 0 Å². The highest BCUT2D eigenvalue weighted by molar-refractivity contribution is 5.41. The molecule has 0 aliphatic carbocycles. The van der Waals surface area contributed by atoms with E-state index in [0.717, 1.165) is 24.5 Å². The first-order valence-corrected chi connectivity index (χ1v) is 7.94. The Labute approximate surface area is 133 Å². The van der Waals surface area contributed by atoms with E-state index in [2.05, 4.69) is 13.8 Å². The highest BCUT2D eigenvalue weighted by Crippen LogP contribution is 2.12. The molecule has 0 spiro atoms. The molecule has 0 radical (unpaired) electrons. The molecule has 5 heteroatoms. The van der Waals surface area contributed by atoms with Gasteiger partial charge in [-0.1, -0.05) is 20.3 Å². The van der Waals surface area contributed by atoms with Gasteiger partial charge in [-0.3, -0.25) is 0 Å². The molecule has 2 N–H and O–H groups in total. The monoisotopic (exact) mass is 311 g/mol. The average molecular weight is 311 g/mol. The molecule has 0 bridgehead atoms. The maximum Gasteiger partial charge on any atom is 0.119 e. The van der Waals surface area contributed by atoms with Crippen molar-refractivity contribution in [2.75, 3.05) is 52.0 Å². The minimum Gasteiger partial charge on any atom is -0.491 e. The average Bonchev–Trinajstić information content (AvgIpc) is 2.54. The van der Waals surface area contributed by atoms with Gasteiger partial charge >= 0.3 is 0 Å². The van der Waals surface area contributed by atoms with Crippen LogP contribution >= 0.6 is 0 Å². The number of benzene rings is 1. The van der Waals surface area contributed by atoms with E-state index in [4.69, 9.17) is 24.7 Å². The summed E-state index contributed by atoms with van der Waals surface area (Å²) in [7, 11) is 0. The van der Waals surface area contributed by atoms with Crippen molar-refractivity contribution in [2.24, 2.45) is 5.92 Å². The van der Waals surface area contributed by atoms with Crippen LogP contribution in [0.15, 0.2) is 24.3 Å². The summed E-state index contributed by atoms with van der Waals surface area (Å²) in [6, 6.07) is 7.32. The van der Waals surface area contributed by atoms with Gasteiger partial charge in [0.15, 0.2) is 0 Å². The molecule has 1 aromatic carbocycles. The van der Waals surface area contributed by atoms with Crippen molar-refractivity contribution in [3.63, 3.8) is 0 Å². The largest absolute Gasteiger partial charge is 0.491 e. The molecule has 1 aromatic rings. The maximum absolute atomic E-state index is 5.60. The van der Waals surface area contributed by atoms with Gasteiger partial charge in [-0.2, -0.15) is 0 Å². The Bertz CT molecular complexity index is 369. The molecule has 5 nitrogen and oxygen atoms in total. The summed E-state index contributed by atoms with van der Waals surface area (Å²) in [6.45, 7) is 8.61. The van der Waals surface area contributed by atoms with Crippen molar-refractivity contribution in [2.45, 2.75) is 20.3 Å². The first-order chi connectivity index (χ1) is 10.7. The molecule has 1 atom stereocenters. The SMILES string of the molecule is CCC(C)COCCOCCOCCOc1ccc(N)cc1. The first kappa shape index (κ1) is 18.7. The van der Waals surface area contributed by atoms with Crippen LogP contribution in [0.25, 0.3) is 0 Å². The zero-order chi connectivity index (χ0) is 16.0. The Morgan fingerprint density at radius 1 is 0.864 bits per heavy atom. The van der Waals surface area contributed by atoms with Gasteiger partial charge in [-0.05, 0) is 30.2 Å².